The summed E-state index contributed by atoms with van der Waals surface area (Å²) in [7, 11) is 3.24. The van der Waals surface area contributed by atoms with E-state index in [1.807, 2.05) is 0 Å². The summed E-state index contributed by atoms with van der Waals surface area (Å²) in [4.78, 5) is 17.9. The molecular weight excluding hydrogens is 312 g/mol. The van der Waals surface area contributed by atoms with Gasteiger partial charge in [0.25, 0.3) is 5.91 Å². The monoisotopic (exact) mass is 324 g/mol. The summed E-state index contributed by atoms with van der Waals surface area (Å²) in [5.41, 5.74) is 0.507. The van der Waals surface area contributed by atoms with Crippen LogP contribution in [0, 0.1) is 0 Å². The quantitative estimate of drug-likeness (QED) is 0.931. The Morgan fingerprint density at radius 1 is 1.53 bits per heavy atom. The Kier molecular flexibility index (Phi) is 4.16. The van der Waals surface area contributed by atoms with Crippen molar-refractivity contribution in [1.82, 2.24) is 20.1 Å². The predicted octanol–water partition coefficient (Wildman–Crippen LogP) is 1.85. The van der Waals surface area contributed by atoms with Crippen molar-refractivity contribution in [3.05, 3.63) is 40.4 Å². The molecule has 0 radical (unpaired) electrons. The molecule has 2 aromatic rings. The molecule has 0 unspecified atom stereocenters. The molecule has 0 aliphatic rings. The molecule has 0 bridgehead atoms. The fraction of sp³-hybridized carbons (Fsp3) is 0.250. The molecule has 7 heteroatoms. The molecule has 19 heavy (non-hydrogen) atoms. The van der Waals surface area contributed by atoms with E-state index in [9.17, 15) is 4.79 Å². The minimum absolute atomic E-state index is 0.138. The van der Waals surface area contributed by atoms with Gasteiger partial charge in [-0.05, 0) is 18.2 Å². The number of methoxy groups -OCH3 is 1. The highest BCUT2D eigenvalue weighted by Gasteiger charge is 2.17. The van der Waals surface area contributed by atoms with Crippen molar-refractivity contribution in [1.29, 1.82) is 0 Å². The number of halogens is 1. The van der Waals surface area contributed by atoms with Crippen molar-refractivity contribution in [3.8, 4) is 5.75 Å². The summed E-state index contributed by atoms with van der Waals surface area (Å²) < 4.78 is 6.08. The van der Waals surface area contributed by atoms with E-state index in [1.165, 1.54) is 13.4 Å². The molecule has 0 aliphatic carbocycles. The fourth-order valence-electron chi connectivity index (χ4n) is 1.65. The molecular formula is C12H13BrN4O2. The van der Waals surface area contributed by atoms with Crippen molar-refractivity contribution < 1.29 is 9.53 Å². The Morgan fingerprint density at radius 2 is 2.32 bits per heavy atom. The molecule has 6 nitrogen and oxygen atoms in total. The third kappa shape index (κ3) is 3.11. The first kappa shape index (κ1) is 13.5. The van der Waals surface area contributed by atoms with Crippen LogP contribution in [0.3, 0.4) is 0 Å². The first-order valence-corrected chi connectivity index (χ1v) is 6.34. The van der Waals surface area contributed by atoms with Crippen LogP contribution in [0.5, 0.6) is 5.75 Å². The van der Waals surface area contributed by atoms with Crippen LogP contribution < -0.4 is 4.74 Å². The summed E-state index contributed by atoms with van der Waals surface area (Å²) in [5.74, 6) is 1.02. The summed E-state index contributed by atoms with van der Waals surface area (Å²) in [6, 6.07) is 5.29. The Labute approximate surface area is 118 Å². The second-order valence-corrected chi connectivity index (χ2v) is 4.85. The van der Waals surface area contributed by atoms with Gasteiger partial charge in [0.1, 0.15) is 17.9 Å². The number of ether oxygens (including phenoxy) is 1. The minimum atomic E-state index is -0.138. The SMILES string of the molecule is COc1cc(Br)ccc1C(=O)N(C)Cc1ncn[nH]1. The van der Waals surface area contributed by atoms with Crippen LogP contribution in [0.2, 0.25) is 0 Å². The number of nitrogens with zero attached hydrogens (tertiary/aromatic N) is 3. The van der Waals surface area contributed by atoms with Crippen molar-refractivity contribution in [2.75, 3.05) is 14.2 Å². The summed E-state index contributed by atoms with van der Waals surface area (Å²) >= 11 is 3.34. The highest BCUT2D eigenvalue weighted by molar-refractivity contribution is 9.10. The number of carbonyl (C=O) groups excluding carboxylic acids is 1. The zero-order chi connectivity index (χ0) is 13.8. The van der Waals surface area contributed by atoms with E-state index >= 15 is 0 Å². The molecule has 1 N–H and O–H groups in total. The lowest BCUT2D eigenvalue weighted by Crippen LogP contribution is -2.27. The van der Waals surface area contributed by atoms with Gasteiger partial charge in [-0.3, -0.25) is 9.89 Å². The number of hydrogen-bond donors (Lipinski definition) is 1. The van der Waals surface area contributed by atoms with Gasteiger partial charge in [0, 0.05) is 11.5 Å². The van der Waals surface area contributed by atoms with Crippen LogP contribution >= 0.6 is 15.9 Å². The Balaban J connectivity index is 2.19. The number of amides is 1. The van der Waals surface area contributed by atoms with E-state index in [-0.39, 0.29) is 5.91 Å². The van der Waals surface area contributed by atoms with Gasteiger partial charge >= 0.3 is 0 Å². The molecule has 0 aliphatic heterocycles. The number of aromatic amines is 1. The lowest BCUT2D eigenvalue weighted by molar-refractivity contribution is 0.0778. The molecule has 1 aromatic heterocycles. The highest BCUT2D eigenvalue weighted by Crippen LogP contribution is 2.24. The van der Waals surface area contributed by atoms with Crippen molar-refractivity contribution >= 4 is 21.8 Å². The van der Waals surface area contributed by atoms with E-state index in [2.05, 4.69) is 31.1 Å². The third-order valence-electron chi connectivity index (χ3n) is 2.59. The molecule has 0 fully saturated rings. The van der Waals surface area contributed by atoms with Gasteiger partial charge in [0.2, 0.25) is 0 Å². The Hall–Kier alpha value is -1.89. The van der Waals surface area contributed by atoms with Crippen LogP contribution in [0.15, 0.2) is 29.0 Å². The molecule has 0 atom stereocenters. The third-order valence-corrected chi connectivity index (χ3v) is 3.09. The molecule has 1 heterocycles. The number of nitrogens with one attached hydrogen (secondary N) is 1. The average molecular weight is 325 g/mol. The van der Waals surface area contributed by atoms with Crippen molar-refractivity contribution in [3.63, 3.8) is 0 Å². The molecule has 0 saturated heterocycles. The first-order valence-electron chi connectivity index (χ1n) is 5.55. The molecule has 1 amide bonds. The number of aromatic nitrogens is 3. The van der Waals surface area contributed by atoms with Crippen LogP contribution in [0.25, 0.3) is 0 Å². The largest absolute Gasteiger partial charge is 0.496 e. The number of rotatable bonds is 4. The van der Waals surface area contributed by atoms with E-state index in [0.29, 0.717) is 23.7 Å². The molecule has 100 valence electrons. The van der Waals surface area contributed by atoms with Crippen molar-refractivity contribution in [2.45, 2.75) is 6.54 Å². The summed E-state index contributed by atoms with van der Waals surface area (Å²) in [6.07, 6.45) is 1.41. The van der Waals surface area contributed by atoms with Crippen LogP contribution in [-0.4, -0.2) is 40.1 Å². The Morgan fingerprint density at radius 3 is 2.95 bits per heavy atom. The van der Waals surface area contributed by atoms with Crippen LogP contribution in [-0.2, 0) is 6.54 Å². The highest BCUT2D eigenvalue weighted by atomic mass is 79.9. The minimum Gasteiger partial charge on any atom is -0.496 e. The second-order valence-electron chi connectivity index (χ2n) is 3.94. The van der Waals surface area contributed by atoms with Gasteiger partial charge in [-0.1, -0.05) is 15.9 Å². The molecule has 1 aromatic carbocycles. The molecule has 0 saturated carbocycles. The standard InChI is InChI=1S/C12H13BrN4O2/c1-17(6-11-14-7-15-16-11)12(18)9-4-3-8(13)5-10(9)19-2/h3-5,7H,6H2,1-2H3,(H,14,15,16). The first-order chi connectivity index (χ1) is 9.11. The van der Waals surface area contributed by atoms with E-state index in [0.717, 1.165) is 4.47 Å². The van der Waals surface area contributed by atoms with Gasteiger partial charge in [-0.15, -0.1) is 0 Å². The number of benzene rings is 1. The van der Waals surface area contributed by atoms with E-state index < -0.39 is 0 Å². The van der Waals surface area contributed by atoms with Gasteiger partial charge in [-0.25, -0.2) is 4.98 Å². The average Bonchev–Trinajstić information content (AvgIpc) is 2.90. The number of hydrogen-bond acceptors (Lipinski definition) is 4. The summed E-state index contributed by atoms with van der Waals surface area (Å²) in [6.45, 7) is 0.359. The predicted molar refractivity (Wildman–Crippen MR) is 72.9 cm³/mol. The number of carbonyl (C=O) groups is 1. The number of H-pyrrole nitrogens is 1. The topological polar surface area (TPSA) is 71.1 Å². The van der Waals surface area contributed by atoms with Crippen LogP contribution in [0.4, 0.5) is 0 Å². The smallest absolute Gasteiger partial charge is 0.257 e. The second kappa shape index (κ2) is 5.83. The molecule has 0 spiro atoms. The van der Waals surface area contributed by atoms with Crippen molar-refractivity contribution in [2.24, 2.45) is 0 Å². The lowest BCUT2D eigenvalue weighted by atomic mass is 10.2. The maximum atomic E-state index is 12.3. The maximum absolute atomic E-state index is 12.3. The van der Waals surface area contributed by atoms with Gasteiger partial charge in [-0.2, -0.15) is 5.10 Å². The van der Waals surface area contributed by atoms with Gasteiger partial charge in [0.05, 0.1) is 19.2 Å². The fourth-order valence-corrected chi connectivity index (χ4v) is 1.99. The lowest BCUT2D eigenvalue weighted by Gasteiger charge is -2.17. The maximum Gasteiger partial charge on any atom is 0.257 e. The normalized spacial score (nSPS) is 10.3. The zero-order valence-electron chi connectivity index (χ0n) is 10.6. The van der Waals surface area contributed by atoms with E-state index in [4.69, 9.17) is 4.74 Å². The summed E-state index contributed by atoms with van der Waals surface area (Å²) in [5, 5.41) is 6.47. The van der Waals surface area contributed by atoms with Gasteiger partial charge < -0.3 is 9.64 Å². The van der Waals surface area contributed by atoms with E-state index in [1.54, 1.807) is 30.1 Å². The Bertz CT molecular complexity index is 571. The zero-order valence-corrected chi connectivity index (χ0v) is 12.1. The molecule has 2 rings (SSSR count). The van der Waals surface area contributed by atoms with Gasteiger partial charge in [0.15, 0.2) is 0 Å². The van der Waals surface area contributed by atoms with Crippen LogP contribution in [0.1, 0.15) is 16.2 Å².